The lowest BCUT2D eigenvalue weighted by Crippen LogP contribution is -2.34. The summed E-state index contributed by atoms with van der Waals surface area (Å²) >= 11 is 0. The fourth-order valence-electron chi connectivity index (χ4n) is 1.42. The van der Waals surface area contributed by atoms with Gasteiger partial charge in [0.2, 0.25) is 0 Å². The Bertz CT molecular complexity index is 324. The highest BCUT2D eigenvalue weighted by atomic mass is 16.5. The Balaban J connectivity index is 3.03. The number of pyridine rings is 1. The van der Waals surface area contributed by atoms with Gasteiger partial charge in [-0.3, -0.25) is 4.98 Å². The van der Waals surface area contributed by atoms with Crippen LogP contribution in [0, 0.1) is 0 Å². The fourth-order valence-corrected chi connectivity index (χ4v) is 1.42. The predicted molar refractivity (Wildman–Crippen MR) is 59.3 cm³/mol. The van der Waals surface area contributed by atoms with Crippen LogP contribution in [0.25, 0.3) is 0 Å². The highest BCUT2D eigenvalue weighted by Gasteiger charge is 2.33. The zero-order valence-electron chi connectivity index (χ0n) is 9.40. The number of nitrogens with zero attached hydrogens (tertiary/aromatic N) is 1. The fraction of sp³-hybridized carbons (Fsp3) is 0.545. The molecule has 0 amide bonds. The Hall–Kier alpha value is -1.13. The molecule has 2 atom stereocenters. The van der Waals surface area contributed by atoms with Crippen molar-refractivity contribution < 1.29 is 9.84 Å². The third kappa shape index (κ3) is 2.27. The van der Waals surface area contributed by atoms with Crippen LogP contribution < -0.4 is 5.73 Å². The van der Waals surface area contributed by atoms with E-state index in [4.69, 9.17) is 10.5 Å². The van der Waals surface area contributed by atoms with Crippen molar-refractivity contribution in [3.05, 3.63) is 24.0 Å². The lowest BCUT2D eigenvalue weighted by atomic mass is 9.90. The first kappa shape index (κ1) is 11.9. The van der Waals surface area contributed by atoms with Gasteiger partial charge < -0.3 is 15.6 Å². The highest BCUT2D eigenvalue weighted by Crippen LogP contribution is 2.33. The molecule has 4 heteroatoms. The molecule has 1 aromatic rings. The lowest BCUT2D eigenvalue weighted by molar-refractivity contribution is -0.0942. The first-order valence-corrected chi connectivity index (χ1v) is 4.97. The number of anilines is 1. The summed E-state index contributed by atoms with van der Waals surface area (Å²) in [5.41, 5.74) is 6.30. The SMILES string of the molecule is CCC(C)(OC)C(O)c1cnccc1N. The normalized spacial score (nSPS) is 17.1. The first-order chi connectivity index (χ1) is 7.05. The summed E-state index contributed by atoms with van der Waals surface area (Å²) in [4.78, 5) is 3.95. The lowest BCUT2D eigenvalue weighted by Gasteiger charge is -2.32. The second-order valence-electron chi connectivity index (χ2n) is 3.78. The summed E-state index contributed by atoms with van der Waals surface area (Å²) in [6, 6.07) is 1.67. The summed E-state index contributed by atoms with van der Waals surface area (Å²) in [6.45, 7) is 3.81. The van der Waals surface area contributed by atoms with Gasteiger partial charge in [-0.25, -0.2) is 0 Å². The second kappa shape index (κ2) is 4.59. The topological polar surface area (TPSA) is 68.4 Å². The molecule has 0 fully saturated rings. The minimum Gasteiger partial charge on any atom is -0.398 e. The number of hydrogen-bond donors (Lipinski definition) is 2. The molecule has 4 nitrogen and oxygen atoms in total. The predicted octanol–water partition coefficient (Wildman–Crippen LogP) is 1.51. The van der Waals surface area contributed by atoms with E-state index >= 15 is 0 Å². The maximum atomic E-state index is 10.2. The molecule has 1 aromatic heterocycles. The van der Waals surface area contributed by atoms with Gasteiger partial charge in [-0.15, -0.1) is 0 Å². The molecule has 3 N–H and O–H groups in total. The molecule has 15 heavy (non-hydrogen) atoms. The third-order valence-corrected chi connectivity index (χ3v) is 2.93. The van der Waals surface area contributed by atoms with Crippen LogP contribution >= 0.6 is 0 Å². The van der Waals surface area contributed by atoms with Crippen molar-refractivity contribution in [3.63, 3.8) is 0 Å². The number of nitrogens with two attached hydrogens (primary N) is 1. The Kier molecular flexibility index (Phi) is 3.66. The smallest absolute Gasteiger partial charge is 0.111 e. The molecule has 84 valence electrons. The van der Waals surface area contributed by atoms with Crippen LogP contribution in [0.5, 0.6) is 0 Å². The van der Waals surface area contributed by atoms with Gasteiger partial charge in [-0.05, 0) is 19.4 Å². The molecule has 0 spiro atoms. The standard InChI is InChI=1S/C11H18N2O2/c1-4-11(2,15-3)10(14)8-7-13-6-5-9(8)12/h5-7,10,14H,4H2,1-3H3,(H2,12,13). The van der Waals surface area contributed by atoms with Gasteiger partial charge >= 0.3 is 0 Å². The van der Waals surface area contributed by atoms with E-state index in [9.17, 15) is 5.11 Å². The quantitative estimate of drug-likeness (QED) is 0.790. The van der Waals surface area contributed by atoms with Crippen LogP contribution in [-0.4, -0.2) is 22.8 Å². The monoisotopic (exact) mass is 210 g/mol. The molecule has 0 saturated carbocycles. The summed E-state index contributed by atoms with van der Waals surface area (Å²) in [5.74, 6) is 0. The van der Waals surface area contributed by atoms with E-state index < -0.39 is 11.7 Å². The average molecular weight is 210 g/mol. The minimum absolute atomic E-state index is 0.536. The molecular formula is C11H18N2O2. The van der Waals surface area contributed by atoms with Crippen LogP contribution in [0.15, 0.2) is 18.5 Å². The average Bonchev–Trinajstić information content (AvgIpc) is 2.28. The van der Waals surface area contributed by atoms with Gasteiger partial charge in [0.05, 0.1) is 5.60 Å². The third-order valence-electron chi connectivity index (χ3n) is 2.93. The zero-order chi connectivity index (χ0) is 11.5. The molecule has 0 bridgehead atoms. The highest BCUT2D eigenvalue weighted by molar-refractivity contribution is 5.46. The van der Waals surface area contributed by atoms with E-state index in [0.29, 0.717) is 17.7 Å². The van der Waals surface area contributed by atoms with Gasteiger partial charge in [0.25, 0.3) is 0 Å². The van der Waals surface area contributed by atoms with Crippen molar-refractivity contribution in [3.8, 4) is 0 Å². The van der Waals surface area contributed by atoms with Crippen LogP contribution in [0.3, 0.4) is 0 Å². The van der Waals surface area contributed by atoms with E-state index in [1.54, 1.807) is 25.6 Å². The first-order valence-electron chi connectivity index (χ1n) is 4.97. The van der Waals surface area contributed by atoms with E-state index in [2.05, 4.69) is 4.98 Å². The van der Waals surface area contributed by atoms with Crippen molar-refractivity contribution in [1.82, 2.24) is 4.98 Å². The molecule has 0 aliphatic carbocycles. The number of aliphatic hydroxyl groups excluding tert-OH is 1. The Morgan fingerprint density at radius 2 is 2.33 bits per heavy atom. The van der Waals surface area contributed by atoms with E-state index in [1.165, 1.54) is 0 Å². The molecule has 0 aliphatic heterocycles. The molecule has 1 rings (SSSR count). The van der Waals surface area contributed by atoms with Gasteiger partial charge in [0.15, 0.2) is 0 Å². The minimum atomic E-state index is -0.763. The summed E-state index contributed by atoms with van der Waals surface area (Å²) in [6.07, 6.45) is 3.11. The maximum Gasteiger partial charge on any atom is 0.111 e. The largest absolute Gasteiger partial charge is 0.398 e. The number of rotatable bonds is 4. The zero-order valence-corrected chi connectivity index (χ0v) is 9.40. The summed E-state index contributed by atoms with van der Waals surface area (Å²) < 4.78 is 5.32. The second-order valence-corrected chi connectivity index (χ2v) is 3.78. The van der Waals surface area contributed by atoms with Crippen molar-refractivity contribution in [2.24, 2.45) is 0 Å². The van der Waals surface area contributed by atoms with Crippen LogP contribution in [0.2, 0.25) is 0 Å². The van der Waals surface area contributed by atoms with E-state index in [0.717, 1.165) is 0 Å². The van der Waals surface area contributed by atoms with Crippen molar-refractivity contribution >= 4 is 5.69 Å². The number of ether oxygens (including phenoxy) is 1. The van der Waals surface area contributed by atoms with Crippen molar-refractivity contribution in [1.29, 1.82) is 0 Å². The van der Waals surface area contributed by atoms with E-state index in [-0.39, 0.29) is 0 Å². The molecule has 1 heterocycles. The molecular weight excluding hydrogens is 192 g/mol. The number of nitrogen functional groups attached to an aromatic ring is 1. The van der Waals surface area contributed by atoms with Crippen molar-refractivity contribution in [2.45, 2.75) is 32.0 Å². The molecule has 0 aliphatic rings. The number of hydrogen-bond acceptors (Lipinski definition) is 4. The Labute approximate surface area is 90.1 Å². The van der Waals surface area contributed by atoms with Gasteiger partial charge in [-0.2, -0.15) is 0 Å². The number of methoxy groups -OCH3 is 1. The molecule has 2 unspecified atom stereocenters. The van der Waals surface area contributed by atoms with E-state index in [1.807, 2.05) is 13.8 Å². The van der Waals surface area contributed by atoms with Crippen LogP contribution in [-0.2, 0) is 4.74 Å². The van der Waals surface area contributed by atoms with Crippen LogP contribution in [0.1, 0.15) is 31.9 Å². The summed E-state index contributed by atoms with van der Waals surface area (Å²) in [5, 5.41) is 10.2. The number of aliphatic hydroxyl groups is 1. The Morgan fingerprint density at radius 1 is 1.67 bits per heavy atom. The van der Waals surface area contributed by atoms with Crippen LogP contribution in [0.4, 0.5) is 5.69 Å². The Morgan fingerprint density at radius 3 is 2.80 bits per heavy atom. The van der Waals surface area contributed by atoms with Gasteiger partial charge in [0, 0.05) is 30.8 Å². The molecule has 0 radical (unpaired) electrons. The molecule has 0 saturated heterocycles. The maximum absolute atomic E-state index is 10.2. The van der Waals surface area contributed by atoms with Gasteiger partial charge in [0.1, 0.15) is 6.10 Å². The molecule has 0 aromatic carbocycles. The summed E-state index contributed by atoms with van der Waals surface area (Å²) in [7, 11) is 1.58. The number of aromatic nitrogens is 1. The van der Waals surface area contributed by atoms with Gasteiger partial charge in [-0.1, -0.05) is 6.92 Å². The van der Waals surface area contributed by atoms with Crippen molar-refractivity contribution in [2.75, 3.05) is 12.8 Å².